The molecule has 0 amide bonds. The van der Waals surface area contributed by atoms with Crippen molar-refractivity contribution in [2.75, 3.05) is 12.4 Å². The fourth-order valence-electron chi connectivity index (χ4n) is 2.73. The van der Waals surface area contributed by atoms with Crippen LogP contribution in [0.25, 0.3) is 0 Å². The van der Waals surface area contributed by atoms with Gasteiger partial charge in [-0.05, 0) is 18.6 Å². The van der Waals surface area contributed by atoms with E-state index in [0.717, 1.165) is 0 Å². The number of ether oxygens (including phenoxy) is 2. The van der Waals surface area contributed by atoms with Gasteiger partial charge in [0.1, 0.15) is 5.82 Å². The SMILES string of the molecule is O=S(=O)(O)CCC1COC(Cc2ncc[nH]2)(c2ccc(Cl)cc2Cl)O1. The second-order valence-electron chi connectivity index (χ2n) is 5.72. The normalized spacial score (nSPS) is 23.9. The van der Waals surface area contributed by atoms with Gasteiger partial charge in [-0.15, -0.1) is 0 Å². The predicted octanol–water partition coefficient (Wildman–Crippen LogP) is 2.81. The van der Waals surface area contributed by atoms with Gasteiger partial charge in [0.15, 0.2) is 0 Å². The minimum absolute atomic E-state index is 0.101. The monoisotopic (exact) mass is 406 g/mol. The molecule has 2 N–H and O–H groups in total. The van der Waals surface area contributed by atoms with Crippen molar-refractivity contribution in [2.45, 2.75) is 24.7 Å². The van der Waals surface area contributed by atoms with Gasteiger partial charge >= 0.3 is 0 Å². The molecule has 10 heteroatoms. The number of aromatic nitrogens is 2. The van der Waals surface area contributed by atoms with Gasteiger partial charge in [0.25, 0.3) is 10.1 Å². The average molecular weight is 407 g/mol. The molecule has 0 radical (unpaired) electrons. The van der Waals surface area contributed by atoms with Crippen LogP contribution in [0.15, 0.2) is 30.6 Å². The summed E-state index contributed by atoms with van der Waals surface area (Å²) in [5, 5.41) is 0.845. The van der Waals surface area contributed by atoms with Gasteiger partial charge < -0.3 is 14.5 Å². The molecular formula is C15H16Cl2N2O5S. The van der Waals surface area contributed by atoms with Crippen molar-refractivity contribution in [3.63, 3.8) is 0 Å². The summed E-state index contributed by atoms with van der Waals surface area (Å²) in [5.74, 6) is -1.00. The van der Waals surface area contributed by atoms with Gasteiger partial charge in [0.2, 0.25) is 5.79 Å². The first kappa shape index (κ1) is 18.6. The lowest BCUT2D eigenvalue weighted by atomic mass is 10.0. The Morgan fingerprint density at radius 1 is 1.40 bits per heavy atom. The molecule has 7 nitrogen and oxygen atoms in total. The molecule has 0 bridgehead atoms. The van der Waals surface area contributed by atoms with Crippen molar-refractivity contribution >= 4 is 33.3 Å². The minimum Gasteiger partial charge on any atom is -0.348 e. The molecule has 2 heterocycles. The largest absolute Gasteiger partial charge is 0.348 e. The van der Waals surface area contributed by atoms with E-state index in [1.807, 2.05) is 0 Å². The maximum Gasteiger partial charge on any atom is 0.264 e. The third-order valence-electron chi connectivity index (χ3n) is 3.85. The first-order chi connectivity index (χ1) is 11.8. The molecule has 1 aliphatic rings. The third-order valence-corrected chi connectivity index (χ3v) is 5.15. The zero-order valence-corrected chi connectivity index (χ0v) is 15.3. The van der Waals surface area contributed by atoms with E-state index in [9.17, 15) is 8.42 Å². The first-order valence-corrected chi connectivity index (χ1v) is 9.85. The number of rotatable bonds is 6. The lowest BCUT2D eigenvalue weighted by molar-refractivity contribution is -0.177. The van der Waals surface area contributed by atoms with E-state index in [4.69, 9.17) is 37.2 Å². The van der Waals surface area contributed by atoms with E-state index in [2.05, 4.69) is 9.97 Å². The predicted molar refractivity (Wildman–Crippen MR) is 92.3 cm³/mol. The van der Waals surface area contributed by atoms with E-state index in [1.165, 1.54) is 0 Å². The van der Waals surface area contributed by atoms with Crippen LogP contribution in [0.5, 0.6) is 0 Å². The Morgan fingerprint density at radius 2 is 2.20 bits per heavy atom. The Morgan fingerprint density at radius 3 is 2.84 bits per heavy atom. The summed E-state index contributed by atoms with van der Waals surface area (Å²) in [5.41, 5.74) is 0.573. The molecule has 0 aliphatic carbocycles. The number of benzene rings is 1. The van der Waals surface area contributed by atoms with Crippen molar-refractivity contribution in [3.05, 3.63) is 52.0 Å². The topological polar surface area (TPSA) is 102 Å². The standard InChI is InChI=1S/C15H16Cl2N2O5S/c16-10-1-2-12(13(17)7-10)15(8-14-18-4-5-19-14)23-9-11(24-15)3-6-25(20,21)22/h1-2,4-5,7,11H,3,6,8-9H2,(H,18,19)(H,20,21,22). The lowest BCUT2D eigenvalue weighted by Crippen LogP contribution is -2.32. The van der Waals surface area contributed by atoms with Gasteiger partial charge in [-0.25, -0.2) is 4.98 Å². The highest BCUT2D eigenvalue weighted by Crippen LogP contribution is 2.41. The van der Waals surface area contributed by atoms with Crippen molar-refractivity contribution in [2.24, 2.45) is 0 Å². The van der Waals surface area contributed by atoms with Crippen molar-refractivity contribution in [1.29, 1.82) is 0 Å². The van der Waals surface area contributed by atoms with E-state index < -0.39 is 27.8 Å². The average Bonchev–Trinajstić information content (AvgIpc) is 3.15. The maximum atomic E-state index is 11.0. The fourth-order valence-corrected chi connectivity index (χ4v) is 3.84. The third kappa shape index (κ3) is 4.52. The molecule has 0 saturated carbocycles. The van der Waals surface area contributed by atoms with Crippen LogP contribution in [0.2, 0.25) is 10.0 Å². The van der Waals surface area contributed by atoms with Crippen LogP contribution in [0.4, 0.5) is 0 Å². The van der Waals surface area contributed by atoms with Crippen LogP contribution in [-0.2, 0) is 31.8 Å². The molecule has 2 unspecified atom stereocenters. The number of imidazole rings is 1. The van der Waals surface area contributed by atoms with Crippen LogP contribution in [0.3, 0.4) is 0 Å². The van der Waals surface area contributed by atoms with Gasteiger partial charge in [0.05, 0.1) is 29.9 Å². The Kier molecular flexibility index (Phi) is 5.38. The Balaban J connectivity index is 1.88. The highest BCUT2D eigenvalue weighted by atomic mass is 35.5. The number of halogens is 2. The van der Waals surface area contributed by atoms with Crippen LogP contribution in [-0.4, -0.2) is 41.4 Å². The highest BCUT2D eigenvalue weighted by Gasteiger charge is 2.45. The molecule has 0 spiro atoms. The summed E-state index contributed by atoms with van der Waals surface area (Å²) < 4.78 is 42.8. The summed E-state index contributed by atoms with van der Waals surface area (Å²) >= 11 is 12.3. The zero-order valence-electron chi connectivity index (χ0n) is 13.0. The number of hydrogen-bond donors (Lipinski definition) is 2. The van der Waals surface area contributed by atoms with E-state index >= 15 is 0 Å². The van der Waals surface area contributed by atoms with Crippen LogP contribution in [0.1, 0.15) is 17.8 Å². The molecule has 136 valence electrons. The maximum absolute atomic E-state index is 11.0. The van der Waals surface area contributed by atoms with Gasteiger partial charge in [-0.1, -0.05) is 29.3 Å². The summed E-state index contributed by atoms with van der Waals surface area (Å²) in [4.78, 5) is 7.17. The molecule has 1 aromatic heterocycles. The van der Waals surface area contributed by atoms with Crippen molar-refractivity contribution < 1.29 is 22.4 Å². The molecular weight excluding hydrogens is 391 g/mol. The van der Waals surface area contributed by atoms with E-state index in [0.29, 0.717) is 21.4 Å². The second-order valence-corrected chi connectivity index (χ2v) is 8.13. The smallest absolute Gasteiger partial charge is 0.264 e. The zero-order chi connectivity index (χ0) is 18.1. The molecule has 25 heavy (non-hydrogen) atoms. The molecule has 3 rings (SSSR count). The van der Waals surface area contributed by atoms with Crippen LogP contribution in [0, 0.1) is 0 Å². The molecule has 1 saturated heterocycles. The van der Waals surface area contributed by atoms with Crippen LogP contribution < -0.4 is 0 Å². The molecule has 1 aliphatic heterocycles. The number of nitrogens with zero attached hydrogens (tertiary/aromatic N) is 1. The fraction of sp³-hybridized carbons (Fsp3) is 0.400. The van der Waals surface area contributed by atoms with Crippen molar-refractivity contribution in [1.82, 2.24) is 9.97 Å². The number of nitrogens with one attached hydrogen (secondary N) is 1. The summed E-state index contributed by atoms with van der Waals surface area (Å²) in [7, 11) is -4.07. The summed E-state index contributed by atoms with van der Waals surface area (Å²) in [6, 6.07) is 4.96. The van der Waals surface area contributed by atoms with Gasteiger partial charge in [-0.3, -0.25) is 4.55 Å². The lowest BCUT2D eigenvalue weighted by Gasteiger charge is -2.29. The van der Waals surface area contributed by atoms with Gasteiger partial charge in [0, 0.05) is 23.0 Å². The molecule has 2 aromatic rings. The summed E-state index contributed by atoms with van der Waals surface area (Å²) in [6.07, 6.45) is 3.13. The number of hydrogen-bond acceptors (Lipinski definition) is 5. The second kappa shape index (κ2) is 7.22. The summed E-state index contributed by atoms with van der Waals surface area (Å²) in [6.45, 7) is 0.162. The number of aromatic amines is 1. The van der Waals surface area contributed by atoms with E-state index in [1.54, 1.807) is 30.6 Å². The Hall–Kier alpha value is -1.16. The van der Waals surface area contributed by atoms with E-state index in [-0.39, 0.29) is 19.4 Å². The molecule has 1 aromatic carbocycles. The minimum atomic E-state index is -4.07. The quantitative estimate of drug-likeness (QED) is 0.715. The van der Waals surface area contributed by atoms with Crippen molar-refractivity contribution in [3.8, 4) is 0 Å². The first-order valence-electron chi connectivity index (χ1n) is 7.48. The highest BCUT2D eigenvalue weighted by molar-refractivity contribution is 7.85. The Bertz CT molecular complexity index is 844. The van der Waals surface area contributed by atoms with Gasteiger partial charge in [-0.2, -0.15) is 8.42 Å². The Labute approximate surface area is 155 Å². The number of H-pyrrole nitrogens is 1. The van der Waals surface area contributed by atoms with Crippen LogP contribution >= 0.6 is 23.2 Å². The molecule has 1 fully saturated rings. The molecule has 2 atom stereocenters.